The lowest BCUT2D eigenvalue weighted by Crippen LogP contribution is -2.25. The highest BCUT2D eigenvalue weighted by atomic mass is 19.1. The summed E-state index contributed by atoms with van der Waals surface area (Å²) < 4.78 is 32.6. The maximum absolute atomic E-state index is 13.9. The van der Waals surface area contributed by atoms with Gasteiger partial charge in [-0.2, -0.15) is 0 Å². The molecule has 110 valence electrons. The number of carbonyl (C=O) groups excluding carboxylic acids is 3. The van der Waals surface area contributed by atoms with E-state index in [1.807, 2.05) is 0 Å². The predicted molar refractivity (Wildman–Crippen MR) is 68.8 cm³/mol. The molecule has 2 aromatic rings. The number of benzene rings is 1. The molecule has 0 saturated carbocycles. The number of ether oxygens (including phenoxy) is 1. The highest BCUT2D eigenvalue weighted by Crippen LogP contribution is 2.34. The highest BCUT2D eigenvalue weighted by molar-refractivity contribution is 6.29. The second-order valence-electron chi connectivity index (χ2n) is 4.59. The highest BCUT2D eigenvalue weighted by Gasteiger charge is 2.37. The Labute approximate surface area is 122 Å². The van der Waals surface area contributed by atoms with Crippen LogP contribution in [0.2, 0.25) is 0 Å². The van der Waals surface area contributed by atoms with Crippen LogP contribution in [0.25, 0.3) is 0 Å². The summed E-state index contributed by atoms with van der Waals surface area (Å²) in [7, 11) is 0. The Hall–Kier alpha value is -2.96. The van der Waals surface area contributed by atoms with Gasteiger partial charge in [0.05, 0.1) is 28.5 Å². The van der Waals surface area contributed by atoms with Crippen molar-refractivity contribution in [3.63, 3.8) is 0 Å². The number of carbonyl (C=O) groups is 3. The molecule has 3 rings (SSSR count). The van der Waals surface area contributed by atoms with E-state index in [0.717, 1.165) is 31.5 Å². The summed E-state index contributed by atoms with van der Waals surface area (Å²) in [6.45, 7) is 1.10. The minimum absolute atomic E-state index is 0.235. The molecule has 0 atom stereocenters. The summed E-state index contributed by atoms with van der Waals surface area (Å²) in [5.41, 5.74) is -1.84. The molecule has 1 heterocycles. The van der Waals surface area contributed by atoms with Gasteiger partial charge in [0.15, 0.2) is 11.5 Å². The average Bonchev–Trinajstić information content (AvgIpc) is 2.46. The third-order valence-corrected chi connectivity index (χ3v) is 3.19. The topological polar surface area (TPSA) is 73.3 Å². The van der Waals surface area contributed by atoms with E-state index in [1.54, 1.807) is 0 Å². The Kier molecular flexibility index (Phi) is 3.05. The van der Waals surface area contributed by atoms with Crippen LogP contribution < -0.4 is 4.74 Å². The SMILES string of the molecule is CC(=O)Oc1cncc2c1C(=O)c1c(F)ccc(F)c1C2=O. The molecule has 1 aromatic heterocycles. The fourth-order valence-corrected chi connectivity index (χ4v) is 2.34. The van der Waals surface area contributed by atoms with Crippen molar-refractivity contribution in [3.8, 4) is 5.75 Å². The van der Waals surface area contributed by atoms with Crippen molar-refractivity contribution < 1.29 is 27.9 Å². The fraction of sp³-hybridized carbons (Fsp3) is 0.0667. The van der Waals surface area contributed by atoms with Gasteiger partial charge in [-0.25, -0.2) is 8.78 Å². The third kappa shape index (κ3) is 1.90. The molecule has 1 aromatic carbocycles. The number of hydrogen-bond donors (Lipinski definition) is 0. The van der Waals surface area contributed by atoms with Crippen molar-refractivity contribution in [2.45, 2.75) is 6.92 Å². The van der Waals surface area contributed by atoms with E-state index in [0.29, 0.717) is 0 Å². The molecule has 5 nitrogen and oxygen atoms in total. The number of fused-ring (bicyclic) bond motifs is 2. The number of aromatic nitrogens is 1. The zero-order valence-electron chi connectivity index (χ0n) is 11.1. The Morgan fingerprint density at radius 2 is 1.59 bits per heavy atom. The van der Waals surface area contributed by atoms with Crippen molar-refractivity contribution in [2.75, 3.05) is 0 Å². The summed E-state index contributed by atoms with van der Waals surface area (Å²) in [6.07, 6.45) is 2.11. The summed E-state index contributed by atoms with van der Waals surface area (Å²) >= 11 is 0. The smallest absolute Gasteiger partial charge is 0.308 e. The van der Waals surface area contributed by atoms with E-state index in [4.69, 9.17) is 4.74 Å². The molecule has 0 radical (unpaired) electrons. The molecular weight excluding hydrogens is 296 g/mol. The number of rotatable bonds is 1. The zero-order valence-corrected chi connectivity index (χ0v) is 11.1. The molecule has 7 heteroatoms. The monoisotopic (exact) mass is 303 g/mol. The van der Waals surface area contributed by atoms with Crippen LogP contribution in [0, 0.1) is 11.6 Å². The molecule has 0 fully saturated rings. The third-order valence-electron chi connectivity index (χ3n) is 3.19. The Morgan fingerprint density at radius 3 is 2.18 bits per heavy atom. The van der Waals surface area contributed by atoms with Gasteiger partial charge in [-0.3, -0.25) is 19.4 Å². The van der Waals surface area contributed by atoms with Crippen LogP contribution >= 0.6 is 0 Å². The predicted octanol–water partition coefficient (Wildman–Crippen LogP) is 2.06. The first-order valence-electron chi connectivity index (χ1n) is 6.15. The quantitative estimate of drug-likeness (QED) is 0.643. The summed E-state index contributed by atoms with van der Waals surface area (Å²) in [6, 6.07) is 1.53. The first-order chi connectivity index (χ1) is 10.4. The van der Waals surface area contributed by atoms with Gasteiger partial charge in [0, 0.05) is 13.1 Å². The van der Waals surface area contributed by atoms with Gasteiger partial charge in [0.1, 0.15) is 11.6 Å². The largest absolute Gasteiger partial charge is 0.424 e. The molecule has 0 amide bonds. The van der Waals surface area contributed by atoms with Gasteiger partial charge >= 0.3 is 5.97 Å². The van der Waals surface area contributed by atoms with Crippen LogP contribution in [0.15, 0.2) is 24.5 Å². The number of ketones is 2. The van der Waals surface area contributed by atoms with Crippen LogP contribution in [0.4, 0.5) is 8.78 Å². The minimum atomic E-state index is -1.02. The maximum Gasteiger partial charge on any atom is 0.308 e. The maximum atomic E-state index is 13.9. The molecule has 0 N–H and O–H groups in total. The van der Waals surface area contributed by atoms with Crippen LogP contribution in [0.3, 0.4) is 0 Å². The second-order valence-corrected chi connectivity index (χ2v) is 4.59. The van der Waals surface area contributed by atoms with Gasteiger partial charge in [0.25, 0.3) is 0 Å². The average molecular weight is 303 g/mol. The van der Waals surface area contributed by atoms with E-state index in [9.17, 15) is 23.2 Å². The Morgan fingerprint density at radius 1 is 1.00 bits per heavy atom. The lowest BCUT2D eigenvalue weighted by molar-refractivity contribution is -0.131. The van der Waals surface area contributed by atoms with E-state index >= 15 is 0 Å². The molecule has 0 saturated heterocycles. The van der Waals surface area contributed by atoms with Crippen molar-refractivity contribution in [1.82, 2.24) is 4.98 Å². The van der Waals surface area contributed by atoms with Crippen molar-refractivity contribution in [2.24, 2.45) is 0 Å². The second kappa shape index (κ2) is 4.80. The summed E-state index contributed by atoms with van der Waals surface area (Å²) in [5, 5.41) is 0. The number of halogens is 2. The van der Waals surface area contributed by atoms with E-state index in [2.05, 4.69) is 4.98 Å². The lowest BCUT2D eigenvalue weighted by Gasteiger charge is -2.19. The van der Waals surface area contributed by atoms with Crippen LogP contribution in [0.5, 0.6) is 5.75 Å². The van der Waals surface area contributed by atoms with Crippen molar-refractivity contribution >= 4 is 17.5 Å². The zero-order chi connectivity index (χ0) is 16.0. The van der Waals surface area contributed by atoms with Gasteiger partial charge in [0.2, 0.25) is 5.78 Å². The van der Waals surface area contributed by atoms with Crippen LogP contribution in [-0.2, 0) is 4.79 Å². The first-order valence-corrected chi connectivity index (χ1v) is 6.15. The number of hydrogen-bond acceptors (Lipinski definition) is 5. The molecule has 0 spiro atoms. The van der Waals surface area contributed by atoms with Gasteiger partial charge < -0.3 is 4.74 Å². The summed E-state index contributed by atoms with van der Waals surface area (Å²) in [4.78, 5) is 39.5. The van der Waals surface area contributed by atoms with E-state index in [1.165, 1.54) is 0 Å². The molecule has 1 aliphatic rings. The molecule has 0 unspecified atom stereocenters. The fourth-order valence-electron chi connectivity index (χ4n) is 2.34. The first kappa shape index (κ1) is 14.0. The summed E-state index contributed by atoms with van der Waals surface area (Å²) in [5.74, 6) is -4.84. The molecule has 0 bridgehead atoms. The Balaban J connectivity index is 2.32. The molecular formula is C15H7F2NO4. The standard InChI is InChI=1S/C15H7F2NO4/c1-6(19)22-10-5-18-4-7-11(10)15(21)13-9(17)3-2-8(16)12(13)14(7)20/h2-5H,1H3. The Bertz CT molecular complexity index is 861. The van der Waals surface area contributed by atoms with E-state index in [-0.39, 0.29) is 16.9 Å². The van der Waals surface area contributed by atoms with Crippen molar-refractivity contribution in [1.29, 1.82) is 0 Å². The molecule has 0 aliphatic heterocycles. The van der Waals surface area contributed by atoms with Crippen molar-refractivity contribution in [3.05, 3.63) is 58.4 Å². The van der Waals surface area contributed by atoms with Gasteiger partial charge in [-0.15, -0.1) is 0 Å². The van der Waals surface area contributed by atoms with Gasteiger partial charge in [-0.1, -0.05) is 0 Å². The normalized spacial score (nSPS) is 12.7. The number of pyridine rings is 1. The molecule has 1 aliphatic carbocycles. The van der Waals surface area contributed by atoms with Crippen LogP contribution in [0.1, 0.15) is 38.8 Å². The minimum Gasteiger partial charge on any atom is -0.424 e. The van der Waals surface area contributed by atoms with Gasteiger partial charge in [-0.05, 0) is 12.1 Å². The van der Waals surface area contributed by atoms with E-state index < -0.39 is 40.3 Å². The number of nitrogens with zero attached hydrogens (tertiary/aromatic N) is 1. The number of esters is 1. The lowest BCUT2D eigenvalue weighted by atomic mass is 9.84. The van der Waals surface area contributed by atoms with Crippen LogP contribution in [-0.4, -0.2) is 22.5 Å². The molecule has 22 heavy (non-hydrogen) atoms.